The zero-order valence-electron chi connectivity index (χ0n) is 12.5. The van der Waals surface area contributed by atoms with Crippen molar-refractivity contribution in [1.29, 1.82) is 0 Å². The summed E-state index contributed by atoms with van der Waals surface area (Å²) in [7, 11) is 0. The monoisotopic (exact) mass is 262 g/mol. The van der Waals surface area contributed by atoms with Gasteiger partial charge >= 0.3 is 0 Å². The number of benzene rings is 1. The molecule has 1 aromatic rings. The molecule has 106 valence electrons. The van der Waals surface area contributed by atoms with Gasteiger partial charge in [0.1, 0.15) is 0 Å². The lowest BCUT2D eigenvalue weighted by Gasteiger charge is -2.50. The summed E-state index contributed by atoms with van der Waals surface area (Å²) in [6.45, 7) is 11.0. The maximum Gasteiger partial charge on any atom is 0.0474 e. The van der Waals surface area contributed by atoms with Crippen LogP contribution < -0.4 is 10.2 Å². The Balaban J connectivity index is 2.42. The molecule has 0 aliphatic carbocycles. The number of rotatable bonds is 3. The largest absolute Gasteiger partial charge is 0.396 e. The van der Waals surface area contributed by atoms with E-state index in [0.717, 1.165) is 19.5 Å². The van der Waals surface area contributed by atoms with E-state index < -0.39 is 0 Å². The van der Waals surface area contributed by atoms with E-state index >= 15 is 0 Å². The van der Waals surface area contributed by atoms with Crippen LogP contribution in [0.2, 0.25) is 0 Å². The standard InChI is InChI=1S/C16H26N2O/c1-12-5-6-13(2)15(9-12)18-14(7-8-19)10-17-11-16(18,3)4/h5-6,9,14,17,19H,7-8,10-11H2,1-4H3. The van der Waals surface area contributed by atoms with Crippen LogP contribution in [0.5, 0.6) is 0 Å². The molecular weight excluding hydrogens is 236 g/mol. The number of anilines is 1. The summed E-state index contributed by atoms with van der Waals surface area (Å²) in [6, 6.07) is 6.98. The number of aliphatic hydroxyl groups is 1. The number of aliphatic hydroxyl groups excluding tert-OH is 1. The first kappa shape index (κ1) is 14.4. The van der Waals surface area contributed by atoms with Crippen LogP contribution in [0.15, 0.2) is 18.2 Å². The van der Waals surface area contributed by atoms with Crippen molar-refractivity contribution < 1.29 is 5.11 Å². The highest BCUT2D eigenvalue weighted by Crippen LogP contribution is 2.32. The molecule has 1 heterocycles. The number of nitrogens with one attached hydrogen (secondary N) is 1. The average molecular weight is 262 g/mol. The van der Waals surface area contributed by atoms with Crippen molar-refractivity contribution in [2.24, 2.45) is 0 Å². The van der Waals surface area contributed by atoms with E-state index in [1.165, 1.54) is 16.8 Å². The van der Waals surface area contributed by atoms with Crippen molar-refractivity contribution in [2.75, 3.05) is 24.6 Å². The van der Waals surface area contributed by atoms with Crippen molar-refractivity contribution in [2.45, 2.75) is 45.7 Å². The zero-order chi connectivity index (χ0) is 14.0. The number of nitrogens with zero attached hydrogens (tertiary/aromatic N) is 1. The first-order valence-corrected chi connectivity index (χ1v) is 7.14. The van der Waals surface area contributed by atoms with Gasteiger partial charge in [-0.15, -0.1) is 0 Å². The molecule has 1 atom stereocenters. The quantitative estimate of drug-likeness (QED) is 0.877. The second-order valence-electron chi connectivity index (χ2n) is 6.27. The Morgan fingerprint density at radius 1 is 1.37 bits per heavy atom. The molecule has 2 N–H and O–H groups in total. The number of hydrogen-bond acceptors (Lipinski definition) is 3. The molecule has 0 radical (unpaired) electrons. The summed E-state index contributed by atoms with van der Waals surface area (Å²) in [4.78, 5) is 2.50. The Bertz CT molecular complexity index is 440. The van der Waals surface area contributed by atoms with Crippen LogP contribution >= 0.6 is 0 Å². The van der Waals surface area contributed by atoms with Crippen molar-refractivity contribution in [3.05, 3.63) is 29.3 Å². The van der Waals surface area contributed by atoms with Crippen LogP contribution in [0, 0.1) is 13.8 Å². The third-order valence-electron chi connectivity index (χ3n) is 4.04. The molecule has 0 bridgehead atoms. The van der Waals surface area contributed by atoms with E-state index in [-0.39, 0.29) is 12.1 Å². The predicted octanol–water partition coefficient (Wildman–Crippen LogP) is 2.24. The minimum absolute atomic E-state index is 0.0661. The maximum atomic E-state index is 9.32. The normalized spacial score (nSPS) is 22.6. The van der Waals surface area contributed by atoms with Gasteiger partial charge in [-0.05, 0) is 51.3 Å². The van der Waals surface area contributed by atoms with E-state index in [1.807, 2.05) is 0 Å². The summed E-state index contributed by atoms with van der Waals surface area (Å²) in [5, 5.41) is 12.8. The Morgan fingerprint density at radius 2 is 2.11 bits per heavy atom. The second kappa shape index (κ2) is 5.51. The van der Waals surface area contributed by atoms with Gasteiger partial charge < -0.3 is 15.3 Å². The summed E-state index contributed by atoms with van der Waals surface area (Å²) >= 11 is 0. The van der Waals surface area contributed by atoms with Crippen molar-refractivity contribution in [1.82, 2.24) is 5.32 Å². The van der Waals surface area contributed by atoms with Crippen LogP contribution in [0.25, 0.3) is 0 Å². The maximum absolute atomic E-state index is 9.32. The average Bonchev–Trinajstić information content (AvgIpc) is 2.33. The molecule has 0 saturated carbocycles. The molecule has 0 spiro atoms. The first-order chi connectivity index (χ1) is 8.95. The second-order valence-corrected chi connectivity index (χ2v) is 6.27. The van der Waals surface area contributed by atoms with Gasteiger partial charge in [0.05, 0.1) is 0 Å². The minimum Gasteiger partial charge on any atom is -0.396 e. The lowest BCUT2D eigenvalue weighted by atomic mass is 9.92. The molecule has 1 aromatic carbocycles. The minimum atomic E-state index is 0.0661. The van der Waals surface area contributed by atoms with E-state index in [0.29, 0.717) is 6.04 Å². The van der Waals surface area contributed by atoms with Gasteiger partial charge in [0.2, 0.25) is 0 Å². The molecule has 0 aromatic heterocycles. The van der Waals surface area contributed by atoms with Crippen LogP contribution in [-0.2, 0) is 0 Å². The lowest BCUT2D eigenvalue weighted by Crippen LogP contribution is -2.63. The third kappa shape index (κ3) is 2.93. The summed E-state index contributed by atoms with van der Waals surface area (Å²) in [5.74, 6) is 0. The zero-order valence-corrected chi connectivity index (χ0v) is 12.5. The van der Waals surface area contributed by atoms with E-state index in [9.17, 15) is 5.11 Å². The van der Waals surface area contributed by atoms with Gasteiger partial charge in [-0.1, -0.05) is 12.1 Å². The number of piperazine rings is 1. The van der Waals surface area contributed by atoms with Gasteiger partial charge in [0, 0.05) is 37.0 Å². The highest BCUT2D eigenvalue weighted by molar-refractivity contribution is 5.58. The van der Waals surface area contributed by atoms with Crippen molar-refractivity contribution in [3.8, 4) is 0 Å². The highest BCUT2D eigenvalue weighted by atomic mass is 16.3. The topological polar surface area (TPSA) is 35.5 Å². The molecule has 2 rings (SSSR count). The third-order valence-corrected chi connectivity index (χ3v) is 4.04. The molecule has 1 aliphatic heterocycles. The van der Waals surface area contributed by atoms with E-state index in [1.54, 1.807) is 0 Å². The molecule has 19 heavy (non-hydrogen) atoms. The summed E-state index contributed by atoms with van der Waals surface area (Å²) in [6.07, 6.45) is 0.809. The Labute approximate surface area is 116 Å². The molecule has 1 saturated heterocycles. The van der Waals surface area contributed by atoms with Gasteiger partial charge in [0.25, 0.3) is 0 Å². The summed E-state index contributed by atoms with van der Waals surface area (Å²) in [5.41, 5.74) is 3.97. The lowest BCUT2D eigenvalue weighted by molar-refractivity contribution is 0.241. The van der Waals surface area contributed by atoms with E-state index in [4.69, 9.17) is 0 Å². The molecular formula is C16H26N2O. The fourth-order valence-electron chi connectivity index (χ4n) is 3.10. The van der Waals surface area contributed by atoms with Gasteiger partial charge in [-0.25, -0.2) is 0 Å². The molecule has 1 unspecified atom stereocenters. The van der Waals surface area contributed by atoms with Crippen molar-refractivity contribution in [3.63, 3.8) is 0 Å². The highest BCUT2D eigenvalue weighted by Gasteiger charge is 2.36. The predicted molar refractivity (Wildman–Crippen MR) is 80.8 cm³/mol. The molecule has 3 nitrogen and oxygen atoms in total. The molecule has 1 fully saturated rings. The number of hydrogen-bond donors (Lipinski definition) is 2. The Hall–Kier alpha value is -1.06. The smallest absolute Gasteiger partial charge is 0.0474 e. The van der Waals surface area contributed by atoms with Crippen LogP contribution in [0.4, 0.5) is 5.69 Å². The SMILES string of the molecule is Cc1ccc(C)c(N2C(CCO)CNCC2(C)C)c1. The molecule has 3 heteroatoms. The van der Waals surface area contributed by atoms with Crippen molar-refractivity contribution >= 4 is 5.69 Å². The molecule has 1 aliphatic rings. The Kier molecular flexibility index (Phi) is 4.16. The fraction of sp³-hybridized carbons (Fsp3) is 0.625. The fourth-order valence-corrected chi connectivity index (χ4v) is 3.10. The van der Waals surface area contributed by atoms with Crippen LogP contribution in [-0.4, -0.2) is 36.4 Å². The van der Waals surface area contributed by atoms with Gasteiger partial charge in [-0.2, -0.15) is 0 Å². The first-order valence-electron chi connectivity index (χ1n) is 7.14. The van der Waals surface area contributed by atoms with Gasteiger partial charge in [0.15, 0.2) is 0 Å². The Morgan fingerprint density at radius 3 is 2.79 bits per heavy atom. The van der Waals surface area contributed by atoms with E-state index in [2.05, 4.69) is 56.1 Å². The summed E-state index contributed by atoms with van der Waals surface area (Å²) < 4.78 is 0. The molecule has 0 amide bonds. The van der Waals surface area contributed by atoms with Crippen LogP contribution in [0.1, 0.15) is 31.4 Å². The number of aryl methyl sites for hydroxylation is 2. The van der Waals surface area contributed by atoms with Gasteiger partial charge in [-0.3, -0.25) is 0 Å². The van der Waals surface area contributed by atoms with Crippen LogP contribution in [0.3, 0.4) is 0 Å².